The molecule has 2 atom stereocenters. The number of hydrogen-bond donors (Lipinski definition) is 1. The summed E-state index contributed by atoms with van der Waals surface area (Å²) in [7, 11) is 0. The van der Waals surface area contributed by atoms with Gasteiger partial charge in [-0.25, -0.2) is 0 Å². The van der Waals surface area contributed by atoms with Crippen molar-refractivity contribution in [1.29, 1.82) is 0 Å². The molecule has 0 radical (unpaired) electrons. The maximum absolute atomic E-state index is 10.5. The largest absolute Gasteiger partial charge is 0.387 e. The molecule has 0 amide bonds. The first kappa shape index (κ1) is 12.6. The van der Waals surface area contributed by atoms with Gasteiger partial charge in [0.2, 0.25) is 0 Å². The Balaban J connectivity index is 2.32. The van der Waals surface area contributed by atoms with Crippen molar-refractivity contribution in [3.8, 4) is 0 Å². The van der Waals surface area contributed by atoms with E-state index in [1.165, 1.54) is 0 Å². The third-order valence-electron chi connectivity index (χ3n) is 3.07. The number of rotatable bonds is 4. The Morgan fingerprint density at radius 1 is 0.833 bits per heavy atom. The molecule has 0 fully saturated rings. The fourth-order valence-electron chi connectivity index (χ4n) is 2.14. The molecule has 2 rings (SSSR count). The van der Waals surface area contributed by atoms with Gasteiger partial charge in [0.05, 0.1) is 6.10 Å². The number of hydrogen-bond acceptors (Lipinski definition) is 1. The van der Waals surface area contributed by atoms with Gasteiger partial charge in [0.1, 0.15) is 0 Å². The van der Waals surface area contributed by atoms with E-state index in [1.807, 2.05) is 67.6 Å². The van der Waals surface area contributed by atoms with Crippen LogP contribution in [0.5, 0.6) is 0 Å². The Kier molecular flexibility index (Phi) is 4.32. The molecule has 0 heterocycles. The molecule has 2 aromatic rings. The average Bonchev–Trinajstić information content (AvgIpc) is 2.46. The fourth-order valence-corrected chi connectivity index (χ4v) is 2.14. The first-order valence-corrected chi connectivity index (χ1v) is 6.23. The van der Waals surface area contributed by atoms with Crippen LogP contribution in [-0.4, -0.2) is 5.11 Å². The summed E-state index contributed by atoms with van der Waals surface area (Å²) in [5.41, 5.74) is 2.08. The Labute approximate surface area is 108 Å². The van der Waals surface area contributed by atoms with Crippen molar-refractivity contribution < 1.29 is 5.11 Å². The highest BCUT2D eigenvalue weighted by atomic mass is 16.3. The molecule has 1 heteroatoms. The molecule has 0 aliphatic rings. The second-order valence-electron chi connectivity index (χ2n) is 4.32. The van der Waals surface area contributed by atoms with Gasteiger partial charge in [-0.2, -0.15) is 0 Å². The van der Waals surface area contributed by atoms with E-state index < -0.39 is 6.10 Å². The Bertz CT molecular complexity index is 488. The molecule has 0 bridgehead atoms. The summed E-state index contributed by atoms with van der Waals surface area (Å²) in [6, 6.07) is 19.9. The van der Waals surface area contributed by atoms with E-state index in [1.54, 1.807) is 0 Å². The van der Waals surface area contributed by atoms with Gasteiger partial charge in [-0.05, 0) is 18.1 Å². The van der Waals surface area contributed by atoms with E-state index in [0.717, 1.165) is 11.1 Å². The lowest BCUT2D eigenvalue weighted by atomic mass is 9.89. The SMILES string of the molecule is CC=C[C@H](c1ccccc1)[C@H](O)c1ccccc1. The fraction of sp³-hybridized carbons (Fsp3) is 0.176. The van der Waals surface area contributed by atoms with Gasteiger partial charge in [-0.1, -0.05) is 72.8 Å². The van der Waals surface area contributed by atoms with Crippen LogP contribution < -0.4 is 0 Å². The third kappa shape index (κ3) is 2.88. The number of benzene rings is 2. The predicted molar refractivity (Wildman–Crippen MR) is 75.4 cm³/mol. The van der Waals surface area contributed by atoms with Gasteiger partial charge < -0.3 is 5.11 Å². The Morgan fingerprint density at radius 2 is 1.33 bits per heavy atom. The van der Waals surface area contributed by atoms with Crippen LogP contribution in [0.25, 0.3) is 0 Å². The Morgan fingerprint density at radius 3 is 1.83 bits per heavy atom. The minimum Gasteiger partial charge on any atom is -0.387 e. The van der Waals surface area contributed by atoms with Crippen LogP contribution in [0.4, 0.5) is 0 Å². The van der Waals surface area contributed by atoms with Gasteiger partial charge in [-0.3, -0.25) is 0 Å². The summed E-state index contributed by atoms with van der Waals surface area (Å²) in [5.74, 6) is -0.00130. The molecule has 2 aromatic carbocycles. The van der Waals surface area contributed by atoms with E-state index >= 15 is 0 Å². The predicted octanol–water partition coefficient (Wildman–Crippen LogP) is 4.08. The van der Waals surface area contributed by atoms with Crippen molar-refractivity contribution in [3.63, 3.8) is 0 Å². The van der Waals surface area contributed by atoms with Crippen molar-refractivity contribution in [2.75, 3.05) is 0 Å². The van der Waals surface area contributed by atoms with E-state index in [4.69, 9.17) is 0 Å². The van der Waals surface area contributed by atoms with Gasteiger partial charge in [0, 0.05) is 5.92 Å². The standard InChI is InChI=1S/C17H18O/c1-2-9-16(14-10-5-3-6-11-14)17(18)15-12-7-4-8-13-15/h2-13,16-18H,1H3/t16-,17-/m1/s1. The lowest BCUT2D eigenvalue weighted by molar-refractivity contribution is 0.161. The summed E-state index contributed by atoms with van der Waals surface area (Å²) in [6.45, 7) is 1.98. The van der Waals surface area contributed by atoms with Crippen LogP contribution >= 0.6 is 0 Å². The Hall–Kier alpha value is -1.86. The topological polar surface area (TPSA) is 20.2 Å². The van der Waals surface area contributed by atoms with E-state index in [2.05, 4.69) is 12.1 Å². The van der Waals surface area contributed by atoms with E-state index in [-0.39, 0.29) is 5.92 Å². The molecule has 1 nitrogen and oxygen atoms in total. The maximum atomic E-state index is 10.5. The normalized spacial score (nSPS) is 14.6. The van der Waals surface area contributed by atoms with Crippen LogP contribution in [0.15, 0.2) is 72.8 Å². The highest BCUT2D eigenvalue weighted by molar-refractivity contribution is 5.30. The van der Waals surface area contributed by atoms with Crippen molar-refractivity contribution in [2.45, 2.75) is 18.9 Å². The van der Waals surface area contributed by atoms with Crippen LogP contribution in [0.3, 0.4) is 0 Å². The second kappa shape index (κ2) is 6.18. The van der Waals surface area contributed by atoms with Crippen LogP contribution in [0.2, 0.25) is 0 Å². The first-order valence-electron chi connectivity index (χ1n) is 6.23. The number of aliphatic hydroxyl groups is 1. The van der Waals surface area contributed by atoms with Gasteiger partial charge >= 0.3 is 0 Å². The van der Waals surface area contributed by atoms with E-state index in [9.17, 15) is 5.11 Å². The first-order chi connectivity index (χ1) is 8.83. The van der Waals surface area contributed by atoms with Gasteiger partial charge in [0.15, 0.2) is 0 Å². The molecule has 0 saturated carbocycles. The zero-order valence-corrected chi connectivity index (χ0v) is 10.5. The molecule has 1 N–H and O–H groups in total. The quantitative estimate of drug-likeness (QED) is 0.796. The molecule has 0 saturated heterocycles. The van der Waals surface area contributed by atoms with Crippen molar-refractivity contribution in [1.82, 2.24) is 0 Å². The summed E-state index contributed by atoms with van der Waals surface area (Å²) in [6.07, 6.45) is 3.53. The van der Waals surface area contributed by atoms with Crippen molar-refractivity contribution in [3.05, 3.63) is 83.9 Å². The zero-order valence-electron chi connectivity index (χ0n) is 10.5. The molecule has 0 aliphatic heterocycles. The van der Waals surface area contributed by atoms with Crippen LogP contribution in [0, 0.1) is 0 Å². The van der Waals surface area contributed by atoms with Crippen molar-refractivity contribution in [2.24, 2.45) is 0 Å². The molecule has 0 aliphatic carbocycles. The monoisotopic (exact) mass is 238 g/mol. The number of aliphatic hydroxyl groups excluding tert-OH is 1. The molecule has 18 heavy (non-hydrogen) atoms. The van der Waals surface area contributed by atoms with Gasteiger partial charge in [0.25, 0.3) is 0 Å². The molecular formula is C17H18O. The lowest BCUT2D eigenvalue weighted by Gasteiger charge is -2.20. The molecule has 0 unspecified atom stereocenters. The summed E-state index contributed by atoms with van der Waals surface area (Å²) in [4.78, 5) is 0. The molecule has 0 aromatic heterocycles. The van der Waals surface area contributed by atoms with E-state index in [0.29, 0.717) is 0 Å². The van der Waals surface area contributed by atoms with Crippen LogP contribution in [-0.2, 0) is 0 Å². The summed E-state index contributed by atoms with van der Waals surface area (Å²) < 4.78 is 0. The lowest BCUT2D eigenvalue weighted by Crippen LogP contribution is -2.08. The van der Waals surface area contributed by atoms with Gasteiger partial charge in [-0.15, -0.1) is 0 Å². The van der Waals surface area contributed by atoms with Crippen molar-refractivity contribution >= 4 is 0 Å². The molecule has 92 valence electrons. The summed E-state index contributed by atoms with van der Waals surface area (Å²) in [5, 5.41) is 10.5. The number of allylic oxidation sites excluding steroid dienone is 1. The summed E-state index contributed by atoms with van der Waals surface area (Å²) >= 11 is 0. The highest BCUT2D eigenvalue weighted by Gasteiger charge is 2.19. The van der Waals surface area contributed by atoms with Crippen LogP contribution in [0.1, 0.15) is 30.1 Å². The minimum absolute atomic E-state index is 0.00130. The molecule has 0 spiro atoms. The minimum atomic E-state index is -0.509. The maximum Gasteiger partial charge on any atom is 0.0893 e. The highest BCUT2D eigenvalue weighted by Crippen LogP contribution is 2.31. The second-order valence-corrected chi connectivity index (χ2v) is 4.32. The molecular weight excluding hydrogens is 220 g/mol. The smallest absolute Gasteiger partial charge is 0.0893 e. The zero-order chi connectivity index (χ0) is 12.8. The third-order valence-corrected chi connectivity index (χ3v) is 3.07. The average molecular weight is 238 g/mol.